The molecule has 1 saturated heterocycles. The Hall–Kier alpha value is -1.09. The molecule has 0 aliphatic carbocycles. The van der Waals surface area contributed by atoms with Crippen molar-refractivity contribution in [1.82, 2.24) is 9.88 Å². The Morgan fingerprint density at radius 3 is 2.80 bits per heavy atom. The zero-order valence-electron chi connectivity index (χ0n) is 9.06. The predicted molar refractivity (Wildman–Crippen MR) is 60.0 cm³/mol. The van der Waals surface area contributed by atoms with Crippen LogP contribution in [-0.4, -0.2) is 36.1 Å². The Bertz CT molecular complexity index is 270. The first-order valence-corrected chi connectivity index (χ1v) is 5.71. The summed E-state index contributed by atoms with van der Waals surface area (Å²) >= 11 is 0. The van der Waals surface area contributed by atoms with Crippen LogP contribution in [0.25, 0.3) is 0 Å². The normalized spacial score (nSPS) is 17.6. The number of pyridine rings is 1. The van der Waals surface area contributed by atoms with Crippen molar-refractivity contribution >= 4 is 0 Å². The molecule has 2 heterocycles. The fourth-order valence-electron chi connectivity index (χ4n) is 1.89. The van der Waals surface area contributed by atoms with Crippen LogP contribution in [0, 0.1) is 0 Å². The minimum absolute atomic E-state index is 0.731. The lowest BCUT2D eigenvalue weighted by atomic mass is 10.1. The van der Waals surface area contributed by atoms with Crippen LogP contribution in [0.2, 0.25) is 0 Å². The summed E-state index contributed by atoms with van der Waals surface area (Å²) in [6.45, 7) is 4.23. The Kier molecular flexibility index (Phi) is 3.97. The highest BCUT2D eigenvalue weighted by Gasteiger charge is 2.09. The average Bonchev–Trinajstić information content (AvgIpc) is 2.32. The van der Waals surface area contributed by atoms with Crippen LogP contribution in [-0.2, 0) is 0 Å². The highest BCUT2D eigenvalue weighted by Crippen LogP contribution is 2.08. The maximum atomic E-state index is 5.56. The number of hydrogen-bond donors (Lipinski definition) is 0. The topological polar surface area (TPSA) is 25.4 Å². The molecule has 1 aromatic heterocycles. The second kappa shape index (κ2) is 5.71. The highest BCUT2D eigenvalue weighted by atomic mass is 16.5. The van der Waals surface area contributed by atoms with Crippen LogP contribution in [0.3, 0.4) is 0 Å². The lowest BCUT2D eigenvalue weighted by molar-refractivity contribution is 0.180. The molecule has 0 aromatic carbocycles. The second-order valence-electron chi connectivity index (χ2n) is 3.92. The van der Waals surface area contributed by atoms with E-state index in [0.29, 0.717) is 0 Å². The van der Waals surface area contributed by atoms with Crippen molar-refractivity contribution in [2.24, 2.45) is 0 Å². The maximum Gasteiger partial charge on any atom is 0.213 e. The highest BCUT2D eigenvalue weighted by molar-refractivity contribution is 5.08. The molecule has 0 unspecified atom stereocenters. The van der Waals surface area contributed by atoms with Crippen LogP contribution in [0.4, 0.5) is 0 Å². The molecule has 2 rings (SSSR count). The Morgan fingerprint density at radius 1 is 1.20 bits per heavy atom. The van der Waals surface area contributed by atoms with Crippen LogP contribution in [0.5, 0.6) is 5.88 Å². The summed E-state index contributed by atoms with van der Waals surface area (Å²) in [6.07, 6.45) is 5.82. The molecule has 0 amide bonds. The molecule has 0 saturated carbocycles. The molecule has 15 heavy (non-hydrogen) atoms. The van der Waals surface area contributed by atoms with E-state index in [9.17, 15) is 0 Å². The van der Waals surface area contributed by atoms with Crippen molar-refractivity contribution in [3.63, 3.8) is 0 Å². The van der Waals surface area contributed by atoms with Gasteiger partial charge in [-0.2, -0.15) is 0 Å². The molecule has 1 aliphatic heterocycles. The van der Waals surface area contributed by atoms with Crippen LogP contribution in [0.15, 0.2) is 24.4 Å². The third kappa shape index (κ3) is 3.51. The van der Waals surface area contributed by atoms with Gasteiger partial charge in [0.15, 0.2) is 0 Å². The zero-order valence-corrected chi connectivity index (χ0v) is 9.06. The number of hydrogen-bond acceptors (Lipinski definition) is 3. The predicted octanol–water partition coefficient (Wildman–Crippen LogP) is 1.95. The van der Waals surface area contributed by atoms with E-state index in [2.05, 4.69) is 9.88 Å². The molecule has 3 nitrogen and oxygen atoms in total. The summed E-state index contributed by atoms with van der Waals surface area (Å²) in [5.41, 5.74) is 0. The first-order chi connectivity index (χ1) is 7.45. The van der Waals surface area contributed by atoms with E-state index in [0.717, 1.165) is 19.0 Å². The minimum atomic E-state index is 0.731. The van der Waals surface area contributed by atoms with Gasteiger partial charge in [-0.3, -0.25) is 4.90 Å². The van der Waals surface area contributed by atoms with Crippen molar-refractivity contribution in [2.45, 2.75) is 19.3 Å². The van der Waals surface area contributed by atoms with Crippen molar-refractivity contribution in [2.75, 3.05) is 26.2 Å². The fraction of sp³-hybridized carbons (Fsp3) is 0.583. The molecule has 0 spiro atoms. The van der Waals surface area contributed by atoms with Gasteiger partial charge >= 0.3 is 0 Å². The van der Waals surface area contributed by atoms with Gasteiger partial charge in [-0.05, 0) is 32.0 Å². The SMILES string of the molecule is c1ccc(OCCN2CCCCC2)nc1. The van der Waals surface area contributed by atoms with Crippen LogP contribution in [0.1, 0.15) is 19.3 Å². The third-order valence-electron chi connectivity index (χ3n) is 2.74. The van der Waals surface area contributed by atoms with E-state index < -0.39 is 0 Å². The van der Waals surface area contributed by atoms with E-state index in [-0.39, 0.29) is 0 Å². The molecule has 1 fully saturated rings. The minimum Gasteiger partial charge on any atom is -0.476 e. The Balaban J connectivity index is 1.66. The van der Waals surface area contributed by atoms with Crippen molar-refractivity contribution in [3.05, 3.63) is 24.4 Å². The van der Waals surface area contributed by atoms with Gasteiger partial charge in [-0.25, -0.2) is 4.98 Å². The van der Waals surface area contributed by atoms with Crippen molar-refractivity contribution < 1.29 is 4.74 Å². The first-order valence-electron chi connectivity index (χ1n) is 5.71. The summed E-state index contributed by atoms with van der Waals surface area (Å²) < 4.78 is 5.56. The molecule has 0 N–H and O–H groups in total. The van der Waals surface area contributed by atoms with Crippen molar-refractivity contribution in [3.8, 4) is 5.88 Å². The molecule has 0 bridgehead atoms. The summed E-state index contributed by atoms with van der Waals surface area (Å²) in [6, 6.07) is 5.75. The van der Waals surface area contributed by atoms with Gasteiger partial charge in [0.2, 0.25) is 5.88 Å². The maximum absolute atomic E-state index is 5.56. The first kappa shape index (κ1) is 10.4. The second-order valence-corrected chi connectivity index (χ2v) is 3.92. The monoisotopic (exact) mass is 206 g/mol. The Morgan fingerprint density at radius 2 is 2.07 bits per heavy atom. The molecule has 0 atom stereocenters. The summed E-state index contributed by atoms with van der Waals surface area (Å²) in [7, 11) is 0. The summed E-state index contributed by atoms with van der Waals surface area (Å²) in [5, 5.41) is 0. The lowest BCUT2D eigenvalue weighted by Crippen LogP contribution is -2.33. The van der Waals surface area contributed by atoms with Gasteiger partial charge < -0.3 is 4.74 Å². The number of ether oxygens (including phenoxy) is 1. The van der Waals surface area contributed by atoms with E-state index in [1.165, 1.54) is 32.4 Å². The third-order valence-corrected chi connectivity index (χ3v) is 2.74. The largest absolute Gasteiger partial charge is 0.476 e. The number of piperidine rings is 1. The molecule has 3 heteroatoms. The van der Waals surface area contributed by atoms with Gasteiger partial charge in [0.25, 0.3) is 0 Å². The summed E-state index contributed by atoms with van der Waals surface area (Å²) in [4.78, 5) is 6.59. The standard InChI is InChI=1S/C12H18N2O/c1-4-8-14(9-5-1)10-11-15-12-6-2-3-7-13-12/h2-3,6-7H,1,4-5,8-11H2. The summed E-state index contributed by atoms with van der Waals surface area (Å²) in [5.74, 6) is 0.731. The van der Waals surface area contributed by atoms with Gasteiger partial charge in [0.05, 0.1) is 0 Å². The molecule has 0 radical (unpaired) electrons. The van der Waals surface area contributed by atoms with E-state index in [4.69, 9.17) is 4.74 Å². The molecular formula is C12H18N2O. The lowest BCUT2D eigenvalue weighted by Gasteiger charge is -2.25. The van der Waals surface area contributed by atoms with Gasteiger partial charge in [-0.1, -0.05) is 12.5 Å². The smallest absolute Gasteiger partial charge is 0.213 e. The molecule has 1 aliphatic rings. The average molecular weight is 206 g/mol. The van der Waals surface area contributed by atoms with E-state index in [1.54, 1.807) is 6.20 Å². The Labute approximate surface area is 91.1 Å². The quantitative estimate of drug-likeness (QED) is 0.753. The van der Waals surface area contributed by atoms with Crippen molar-refractivity contribution in [1.29, 1.82) is 0 Å². The number of rotatable bonds is 4. The van der Waals surface area contributed by atoms with Gasteiger partial charge in [0.1, 0.15) is 6.61 Å². The number of aromatic nitrogens is 1. The number of nitrogens with zero attached hydrogens (tertiary/aromatic N) is 2. The van der Waals surface area contributed by atoms with Crippen LogP contribution >= 0.6 is 0 Å². The fourth-order valence-corrected chi connectivity index (χ4v) is 1.89. The molecule has 82 valence electrons. The van der Waals surface area contributed by atoms with Gasteiger partial charge in [0, 0.05) is 18.8 Å². The zero-order chi connectivity index (χ0) is 10.3. The van der Waals surface area contributed by atoms with E-state index in [1.807, 2.05) is 18.2 Å². The van der Waals surface area contributed by atoms with Gasteiger partial charge in [-0.15, -0.1) is 0 Å². The molecular weight excluding hydrogens is 188 g/mol. The molecule has 1 aromatic rings. The van der Waals surface area contributed by atoms with E-state index >= 15 is 0 Å². The number of likely N-dealkylation sites (tertiary alicyclic amines) is 1. The van der Waals surface area contributed by atoms with Crippen LogP contribution < -0.4 is 4.74 Å².